The Bertz CT molecular complexity index is 360. The number of ketones is 1. The van der Waals surface area contributed by atoms with Crippen molar-refractivity contribution in [2.45, 2.75) is 32.6 Å². The molecule has 3 nitrogen and oxygen atoms in total. The highest BCUT2D eigenvalue weighted by atomic mass is 16.2. The molecule has 3 heteroatoms. The largest absolute Gasteiger partial charge is 0.355 e. The minimum Gasteiger partial charge on any atom is -0.355 e. The summed E-state index contributed by atoms with van der Waals surface area (Å²) in [5, 5.41) is 2.76. The molecule has 0 bridgehead atoms. The van der Waals surface area contributed by atoms with Gasteiger partial charge in [-0.3, -0.25) is 9.59 Å². The average Bonchev–Trinajstić information content (AvgIpc) is 2.30. The minimum atomic E-state index is -0.167. The fourth-order valence-electron chi connectivity index (χ4n) is 1.60. The Hall–Kier alpha value is -1.64. The van der Waals surface area contributed by atoms with Crippen LogP contribution in [-0.4, -0.2) is 18.2 Å². The molecule has 1 aromatic rings. The normalized spacial score (nSPS) is 9.94. The molecule has 0 aliphatic carbocycles. The van der Waals surface area contributed by atoms with E-state index in [-0.39, 0.29) is 18.1 Å². The van der Waals surface area contributed by atoms with Gasteiger partial charge in [0, 0.05) is 13.0 Å². The van der Waals surface area contributed by atoms with E-state index in [4.69, 9.17) is 0 Å². The van der Waals surface area contributed by atoms with Crippen LogP contribution in [0.25, 0.3) is 0 Å². The Morgan fingerprint density at radius 2 is 1.88 bits per heavy atom. The third-order valence-electron chi connectivity index (χ3n) is 2.47. The van der Waals surface area contributed by atoms with Crippen molar-refractivity contribution in [1.82, 2.24) is 5.32 Å². The first kappa shape index (κ1) is 13.4. The maximum absolute atomic E-state index is 11.4. The first-order chi connectivity index (χ1) is 8.22. The van der Waals surface area contributed by atoms with Crippen molar-refractivity contribution in [3.05, 3.63) is 35.9 Å². The predicted octanol–water partition coefficient (Wildman–Crippen LogP) is 2.10. The monoisotopic (exact) mass is 233 g/mol. The number of carbonyl (C=O) groups is 2. The highest BCUT2D eigenvalue weighted by Crippen LogP contribution is 1.98. The Kier molecular flexibility index (Phi) is 6.00. The maximum Gasteiger partial charge on any atom is 0.227 e. The molecule has 1 N–H and O–H groups in total. The van der Waals surface area contributed by atoms with Gasteiger partial charge in [0.15, 0.2) is 0 Å². The molecule has 0 radical (unpaired) electrons. The van der Waals surface area contributed by atoms with Crippen LogP contribution in [0.15, 0.2) is 30.3 Å². The Balaban J connectivity index is 2.18. The van der Waals surface area contributed by atoms with Gasteiger partial charge in [0.2, 0.25) is 5.91 Å². The number of benzene rings is 1. The summed E-state index contributed by atoms with van der Waals surface area (Å²) in [5.74, 6) is -0.149. The van der Waals surface area contributed by atoms with E-state index < -0.39 is 0 Å². The van der Waals surface area contributed by atoms with Gasteiger partial charge in [0.25, 0.3) is 0 Å². The van der Waals surface area contributed by atoms with Gasteiger partial charge in [-0.2, -0.15) is 0 Å². The van der Waals surface area contributed by atoms with Gasteiger partial charge in [0.05, 0.1) is 6.42 Å². The van der Waals surface area contributed by atoms with Crippen LogP contribution in [0.2, 0.25) is 0 Å². The summed E-state index contributed by atoms with van der Waals surface area (Å²) in [7, 11) is 0. The average molecular weight is 233 g/mol. The molecule has 0 saturated carbocycles. The minimum absolute atomic E-state index is 0.0165. The molecule has 0 aromatic heterocycles. The Morgan fingerprint density at radius 3 is 2.53 bits per heavy atom. The van der Waals surface area contributed by atoms with Crippen molar-refractivity contribution in [3.63, 3.8) is 0 Å². The Labute approximate surface area is 102 Å². The quantitative estimate of drug-likeness (QED) is 0.733. The lowest BCUT2D eigenvalue weighted by Crippen LogP contribution is -2.27. The van der Waals surface area contributed by atoms with Gasteiger partial charge in [-0.1, -0.05) is 37.3 Å². The maximum atomic E-state index is 11.4. The van der Waals surface area contributed by atoms with E-state index in [0.717, 1.165) is 12.8 Å². The summed E-state index contributed by atoms with van der Waals surface area (Å²) in [6.07, 6.45) is 2.11. The van der Waals surface area contributed by atoms with Gasteiger partial charge < -0.3 is 5.32 Å². The van der Waals surface area contributed by atoms with Gasteiger partial charge >= 0.3 is 0 Å². The van der Waals surface area contributed by atoms with Crippen LogP contribution in [0.5, 0.6) is 0 Å². The molecule has 0 fully saturated rings. The third-order valence-corrected chi connectivity index (χ3v) is 2.47. The zero-order valence-electron chi connectivity index (χ0n) is 10.2. The lowest BCUT2D eigenvalue weighted by atomic mass is 10.1. The van der Waals surface area contributed by atoms with E-state index in [9.17, 15) is 9.59 Å². The van der Waals surface area contributed by atoms with Crippen molar-refractivity contribution in [2.24, 2.45) is 0 Å². The van der Waals surface area contributed by atoms with Crippen molar-refractivity contribution in [2.75, 3.05) is 6.54 Å². The topological polar surface area (TPSA) is 46.2 Å². The zero-order valence-corrected chi connectivity index (χ0v) is 10.2. The predicted molar refractivity (Wildman–Crippen MR) is 67.7 cm³/mol. The lowest BCUT2D eigenvalue weighted by molar-refractivity contribution is -0.128. The highest BCUT2D eigenvalue weighted by Gasteiger charge is 2.07. The Morgan fingerprint density at radius 1 is 1.18 bits per heavy atom. The second-order valence-corrected chi connectivity index (χ2v) is 4.05. The summed E-state index contributed by atoms with van der Waals surface area (Å²) >= 11 is 0. The summed E-state index contributed by atoms with van der Waals surface area (Å²) in [4.78, 5) is 22.6. The third kappa shape index (κ3) is 5.85. The van der Waals surface area contributed by atoms with Crippen LogP contribution in [0.3, 0.4) is 0 Å². The molecule has 92 valence electrons. The fraction of sp³-hybridized carbons (Fsp3) is 0.429. The smallest absolute Gasteiger partial charge is 0.227 e. The number of rotatable bonds is 7. The number of nitrogens with one attached hydrogen (secondary N) is 1. The summed E-state index contributed by atoms with van der Waals surface area (Å²) in [6, 6.07) is 9.96. The van der Waals surface area contributed by atoms with Crippen LogP contribution in [0.4, 0.5) is 0 Å². The number of Topliss-reactive ketones (excluding diaryl/α,β-unsaturated/α-hetero) is 1. The number of carbonyl (C=O) groups excluding carboxylic acids is 2. The van der Waals surface area contributed by atoms with Gasteiger partial charge in [-0.05, 0) is 18.4 Å². The summed E-state index contributed by atoms with van der Waals surface area (Å²) in [6.45, 7) is 2.52. The van der Waals surface area contributed by atoms with Crippen molar-refractivity contribution in [3.8, 4) is 0 Å². The summed E-state index contributed by atoms with van der Waals surface area (Å²) in [5.41, 5.74) is 1.19. The van der Waals surface area contributed by atoms with Crippen LogP contribution in [0.1, 0.15) is 31.7 Å². The molecule has 1 rings (SSSR count). The van der Waals surface area contributed by atoms with Crippen LogP contribution < -0.4 is 5.32 Å². The molecule has 1 aromatic carbocycles. The number of hydrogen-bond donors (Lipinski definition) is 1. The first-order valence-electron chi connectivity index (χ1n) is 6.04. The van der Waals surface area contributed by atoms with Gasteiger partial charge in [0.1, 0.15) is 5.78 Å². The fourth-order valence-corrected chi connectivity index (χ4v) is 1.60. The zero-order chi connectivity index (χ0) is 12.5. The lowest BCUT2D eigenvalue weighted by Gasteiger charge is -2.04. The van der Waals surface area contributed by atoms with Crippen molar-refractivity contribution < 1.29 is 9.59 Å². The van der Waals surface area contributed by atoms with E-state index >= 15 is 0 Å². The van der Waals surface area contributed by atoms with E-state index in [1.54, 1.807) is 0 Å². The van der Waals surface area contributed by atoms with Crippen LogP contribution >= 0.6 is 0 Å². The number of hydrogen-bond acceptors (Lipinski definition) is 2. The van der Waals surface area contributed by atoms with Gasteiger partial charge in [-0.25, -0.2) is 0 Å². The molecule has 0 aliphatic rings. The van der Waals surface area contributed by atoms with Crippen LogP contribution in [0, 0.1) is 0 Å². The second kappa shape index (κ2) is 7.60. The van der Waals surface area contributed by atoms with E-state index in [0.29, 0.717) is 13.0 Å². The molecule has 0 atom stereocenters. The molecule has 0 spiro atoms. The molecular weight excluding hydrogens is 214 g/mol. The molecule has 0 unspecified atom stereocenters. The van der Waals surface area contributed by atoms with Crippen LogP contribution in [-0.2, 0) is 16.0 Å². The molecule has 1 amide bonds. The van der Waals surface area contributed by atoms with Crippen molar-refractivity contribution in [1.29, 1.82) is 0 Å². The highest BCUT2D eigenvalue weighted by molar-refractivity contribution is 5.97. The van der Waals surface area contributed by atoms with Crippen molar-refractivity contribution >= 4 is 11.7 Å². The van der Waals surface area contributed by atoms with E-state index in [1.807, 2.05) is 37.3 Å². The molecular formula is C14H19NO2. The van der Waals surface area contributed by atoms with E-state index in [1.165, 1.54) is 5.56 Å². The second-order valence-electron chi connectivity index (χ2n) is 4.05. The first-order valence-corrected chi connectivity index (χ1v) is 6.04. The molecule has 0 aliphatic heterocycles. The van der Waals surface area contributed by atoms with Gasteiger partial charge in [-0.15, -0.1) is 0 Å². The molecule has 17 heavy (non-hydrogen) atoms. The molecule has 0 heterocycles. The number of amides is 1. The summed E-state index contributed by atoms with van der Waals surface area (Å²) < 4.78 is 0. The SMILES string of the molecule is CCCC(=O)CC(=O)NCCc1ccccc1. The van der Waals surface area contributed by atoms with E-state index in [2.05, 4.69) is 5.32 Å². The standard InChI is InChI=1S/C14H19NO2/c1-2-6-13(16)11-14(17)15-10-9-12-7-4-3-5-8-12/h3-5,7-8H,2,6,9-11H2,1H3,(H,15,17). The molecule has 0 saturated heterocycles.